The molecule has 1 atom stereocenters. The summed E-state index contributed by atoms with van der Waals surface area (Å²) in [6, 6.07) is 0. The van der Waals surface area contributed by atoms with Gasteiger partial charge in [-0.1, -0.05) is 13.8 Å². The number of hydrogen-bond donors (Lipinski definition) is 0. The monoisotopic (exact) mass is 186 g/mol. The van der Waals surface area contributed by atoms with Gasteiger partial charge >= 0.3 is 5.97 Å². The third-order valence-corrected chi connectivity index (χ3v) is 1.86. The Morgan fingerprint density at radius 3 is 2.23 bits per heavy atom. The van der Waals surface area contributed by atoms with Crippen LogP contribution in [0.3, 0.4) is 0 Å². The maximum absolute atomic E-state index is 11.4. The van der Waals surface area contributed by atoms with E-state index in [1.165, 1.54) is 0 Å². The van der Waals surface area contributed by atoms with E-state index in [2.05, 4.69) is 0 Å². The van der Waals surface area contributed by atoms with Gasteiger partial charge in [0.2, 0.25) is 0 Å². The quantitative estimate of drug-likeness (QED) is 0.470. The van der Waals surface area contributed by atoms with E-state index in [9.17, 15) is 9.59 Å². The number of carbonyl (C=O) groups excluding carboxylic acids is 2. The van der Waals surface area contributed by atoms with Crippen molar-refractivity contribution in [3.8, 4) is 0 Å². The molecule has 0 radical (unpaired) electrons. The summed E-state index contributed by atoms with van der Waals surface area (Å²) < 4.78 is 4.80. The highest BCUT2D eigenvalue weighted by Gasteiger charge is 2.24. The zero-order valence-corrected chi connectivity index (χ0v) is 8.63. The predicted molar refractivity (Wildman–Crippen MR) is 50.3 cm³/mol. The first kappa shape index (κ1) is 12.1. The molecule has 0 aromatic heterocycles. The van der Waals surface area contributed by atoms with Crippen molar-refractivity contribution in [3.63, 3.8) is 0 Å². The number of rotatable bonds is 6. The number of ketones is 1. The Morgan fingerprint density at radius 1 is 1.23 bits per heavy atom. The highest BCUT2D eigenvalue weighted by Crippen LogP contribution is 2.10. The summed E-state index contributed by atoms with van der Waals surface area (Å²) in [5, 5.41) is 0. The molecule has 0 aliphatic rings. The van der Waals surface area contributed by atoms with Gasteiger partial charge in [0.15, 0.2) is 0 Å². The van der Waals surface area contributed by atoms with Crippen LogP contribution in [0, 0.1) is 5.92 Å². The molecule has 0 spiro atoms. The maximum Gasteiger partial charge on any atom is 0.316 e. The molecule has 76 valence electrons. The molecule has 0 aliphatic carbocycles. The van der Waals surface area contributed by atoms with Gasteiger partial charge in [-0.2, -0.15) is 0 Å². The fourth-order valence-corrected chi connectivity index (χ4v) is 1.19. The molecular weight excluding hydrogens is 168 g/mol. The van der Waals surface area contributed by atoms with Crippen LogP contribution in [-0.2, 0) is 14.3 Å². The van der Waals surface area contributed by atoms with E-state index in [4.69, 9.17) is 4.74 Å². The summed E-state index contributed by atoms with van der Waals surface area (Å²) in [4.78, 5) is 22.6. The Labute approximate surface area is 79.5 Å². The lowest BCUT2D eigenvalue weighted by molar-refractivity contribution is -0.151. The molecule has 0 amide bonds. The first-order chi connectivity index (χ1) is 6.17. The fourth-order valence-electron chi connectivity index (χ4n) is 1.19. The van der Waals surface area contributed by atoms with Crippen LogP contribution in [0.2, 0.25) is 0 Å². The second-order valence-electron chi connectivity index (χ2n) is 2.93. The molecule has 0 fully saturated rings. The number of Topliss-reactive ketones (excluding diaryl/α,β-unsaturated/α-hetero) is 1. The van der Waals surface area contributed by atoms with Gasteiger partial charge in [0, 0.05) is 6.42 Å². The minimum absolute atomic E-state index is 0.00319. The average Bonchev–Trinajstić information content (AvgIpc) is 2.06. The highest BCUT2D eigenvalue weighted by atomic mass is 16.5. The molecule has 0 N–H and O–H groups in total. The zero-order chi connectivity index (χ0) is 10.3. The first-order valence-electron chi connectivity index (χ1n) is 4.86. The standard InChI is InChI=1S/C10H18O3/c1-4-7-9(11)8(5-2)10(12)13-6-3/h8H,4-7H2,1-3H3/t8-/m1/s1. The molecule has 0 saturated heterocycles. The lowest BCUT2D eigenvalue weighted by atomic mass is 9.98. The van der Waals surface area contributed by atoms with Crippen LogP contribution >= 0.6 is 0 Å². The highest BCUT2D eigenvalue weighted by molar-refractivity contribution is 5.98. The van der Waals surface area contributed by atoms with E-state index in [1.807, 2.05) is 13.8 Å². The van der Waals surface area contributed by atoms with Gasteiger partial charge in [0.1, 0.15) is 11.7 Å². The van der Waals surface area contributed by atoms with Crippen molar-refractivity contribution in [1.29, 1.82) is 0 Å². The van der Waals surface area contributed by atoms with E-state index >= 15 is 0 Å². The van der Waals surface area contributed by atoms with Crippen LogP contribution in [0.1, 0.15) is 40.0 Å². The normalized spacial score (nSPS) is 12.2. The molecule has 0 aromatic rings. The number of esters is 1. The van der Waals surface area contributed by atoms with Gasteiger partial charge < -0.3 is 4.74 Å². The van der Waals surface area contributed by atoms with Gasteiger partial charge in [0.25, 0.3) is 0 Å². The molecule has 0 aromatic carbocycles. The van der Waals surface area contributed by atoms with Crippen molar-refractivity contribution < 1.29 is 14.3 Å². The predicted octanol–water partition coefficient (Wildman–Crippen LogP) is 1.94. The Hall–Kier alpha value is -0.860. The van der Waals surface area contributed by atoms with Crippen molar-refractivity contribution in [2.75, 3.05) is 6.61 Å². The topological polar surface area (TPSA) is 43.4 Å². The molecule has 0 aliphatic heterocycles. The van der Waals surface area contributed by atoms with Crippen LogP contribution in [-0.4, -0.2) is 18.4 Å². The lowest BCUT2D eigenvalue weighted by Gasteiger charge is -2.11. The van der Waals surface area contributed by atoms with E-state index in [0.29, 0.717) is 19.4 Å². The fraction of sp³-hybridized carbons (Fsp3) is 0.800. The Morgan fingerprint density at radius 2 is 1.85 bits per heavy atom. The molecule has 0 unspecified atom stereocenters. The Balaban J connectivity index is 4.15. The van der Waals surface area contributed by atoms with E-state index in [0.717, 1.165) is 6.42 Å². The van der Waals surface area contributed by atoms with Gasteiger partial charge in [-0.3, -0.25) is 9.59 Å². The summed E-state index contributed by atoms with van der Waals surface area (Å²) in [5.74, 6) is -0.910. The number of carbonyl (C=O) groups is 2. The molecule has 0 rings (SSSR count). The minimum atomic E-state index is -0.542. The largest absolute Gasteiger partial charge is 0.465 e. The van der Waals surface area contributed by atoms with Crippen LogP contribution in [0.15, 0.2) is 0 Å². The van der Waals surface area contributed by atoms with Crippen molar-refractivity contribution in [1.82, 2.24) is 0 Å². The summed E-state index contributed by atoms with van der Waals surface area (Å²) in [6.45, 7) is 5.84. The van der Waals surface area contributed by atoms with Gasteiger partial charge in [0.05, 0.1) is 6.61 Å². The molecular formula is C10H18O3. The summed E-state index contributed by atoms with van der Waals surface area (Å²) >= 11 is 0. The van der Waals surface area contributed by atoms with Crippen molar-refractivity contribution in [2.45, 2.75) is 40.0 Å². The smallest absolute Gasteiger partial charge is 0.316 e. The van der Waals surface area contributed by atoms with Crippen LogP contribution in [0.4, 0.5) is 0 Å². The lowest BCUT2D eigenvalue weighted by Crippen LogP contribution is -2.25. The minimum Gasteiger partial charge on any atom is -0.465 e. The SMILES string of the molecule is CCCC(=O)[C@@H](CC)C(=O)OCC. The molecule has 0 bridgehead atoms. The van der Waals surface area contributed by atoms with Crippen LogP contribution in [0.5, 0.6) is 0 Å². The third-order valence-electron chi connectivity index (χ3n) is 1.86. The Kier molecular flexibility index (Phi) is 6.20. The van der Waals surface area contributed by atoms with E-state index in [-0.39, 0.29) is 11.8 Å². The summed E-state index contributed by atoms with van der Waals surface area (Å²) in [7, 11) is 0. The second-order valence-corrected chi connectivity index (χ2v) is 2.93. The molecule has 13 heavy (non-hydrogen) atoms. The average molecular weight is 186 g/mol. The second kappa shape index (κ2) is 6.63. The molecule has 3 nitrogen and oxygen atoms in total. The first-order valence-corrected chi connectivity index (χ1v) is 4.86. The third kappa shape index (κ3) is 4.06. The van der Waals surface area contributed by atoms with Crippen LogP contribution < -0.4 is 0 Å². The van der Waals surface area contributed by atoms with Gasteiger partial charge in [-0.05, 0) is 19.8 Å². The number of ether oxygens (including phenoxy) is 1. The van der Waals surface area contributed by atoms with Crippen LogP contribution in [0.25, 0.3) is 0 Å². The summed E-state index contributed by atoms with van der Waals surface area (Å²) in [6.07, 6.45) is 1.80. The molecule has 0 saturated carbocycles. The summed E-state index contributed by atoms with van der Waals surface area (Å²) in [5.41, 5.74) is 0. The molecule has 0 heterocycles. The van der Waals surface area contributed by atoms with Gasteiger partial charge in [-0.15, -0.1) is 0 Å². The Bertz CT molecular complexity index is 157. The van der Waals surface area contributed by atoms with E-state index < -0.39 is 5.92 Å². The maximum atomic E-state index is 11.4. The van der Waals surface area contributed by atoms with Gasteiger partial charge in [-0.25, -0.2) is 0 Å². The zero-order valence-electron chi connectivity index (χ0n) is 8.63. The van der Waals surface area contributed by atoms with Crippen molar-refractivity contribution in [2.24, 2.45) is 5.92 Å². The van der Waals surface area contributed by atoms with E-state index in [1.54, 1.807) is 6.92 Å². The van der Waals surface area contributed by atoms with Crippen molar-refractivity contribution in [3.05, 3.63) is 0 Å². The number of hydrogen-bond acceptors (Lipinski definition) is 3. The molecule has 3 heteroatoms. The van der Waals surface area contributed by atoms with Crippen molar-refractivity contribution >= 4 is 11.8 Å².